The summed E-state index contributed by atoms with van der Waals surface area (Å²) in [6.07, 6.45) is 1.89. The molecule has 0 aliphatic carbocycles. The highest BCUT2D eigenvalue weighted by Crippen LogP contribution is 2.33. The van der Waals surface area contributed by atoms with E-state index in [1.165, 1.54) is 5.56 Å². The molecule has 0 saturated carbocycles. The van der Waals surface area contributed by atoms with Crippen LogP contribution in [0.2, 0.25) is 5.02 Å². The van der Waals surface area contributed by atoms with Gasteiger partial charge < -0.3 is 0 Å². The van der Waals surface area contributed by atoms with Crippen LogP contribution >= 0.6 is 11.6 Å². The maximum atomic E-state index is 6.16. The molecule has 15 heavy (non-hydrogen) atoms. The Morgan fingerprint density at radius 2 is 1.93 bits per heavy atom. The predicted octanol–water partition coefficient (Wildman–Crippen LogP) is 3.52. The van der Waals surface area contributed by atoms with Gasteiger partial charge in [0.1, 0.15) is 0 Å². The first-order valence-corrected chi connectivity index (χ1v) is 5.40. The molecule has 1 aromatic heterocycles. The first kappa shape index (κ1) is 10.5. The van der Waals surface area contributed by atoms with Gasteiger partial charge in [-0.15, -0.1) is 0 Å². The van der Waals surface area contributed by atoms with E-state index in [0.29, 0.717) is 0 Å². The second kappa shape index (κ2) is 3.24. The van der Waals surface area contributed by atoms with Crippen LogP contribution < -0.4 is 0 Å². The minimum absolute atomic E-state index is 0.117. The summed E-state index contributed by atoms with van der Waals surface area (Å²) in [4.78, 5) is 0. The molecule has 0 aliphatic heterocycles. The lowest BCUT2D eigenvalue weighted by Gasteiger charge is -2.20. The largest absolute Gasteiger partial charge is 0.266 e. The molecule has 0 amide bonds. The topological polar surface area (TPSA) is 17.8 Å². The van der Waals surface area contributed by atoms with Crippen molar-refractivity contribution < 1.29 is 0 Å². The Balaban J connectivity index is 2.85. The van der Waals surface area contributed by atoms with Crippen LogP contribution in [-0.4, -0.2) is 9.78 Å². The second-order valence-corrected chi connectivity index (χ2v) is 5.28. The number of benzene rings is 1. The molecule has 0 N–H and O–H groups in total. The fourth-order valence-electron chi connectivity index (χ4n) is 1.90. The monoisotopic (exact) mass is 222 g/mol. The highest BCUT2D eigenvalue weighted by molar-refractivity contribution is 6.35. The summed E-state index contributed by atoms with van der Waals surface area (Å²) in [6.45, 7) is 6.59. The lowest BCUT2D eigenvalue weighted by molar-refractivity contribution is 0.596. The quantitative estimate of drug-likeness (QED) is 0.667. The fourth-order valence-corrected chi connectivity index (χ4v) is 2.18. The third kappa shape index (κ3) is 1.63. The lowest BCUT2D eigenvalue weighted by atomic mass is 9.85. The number of rotatable bonds is 0. The van der Waals surface area contributed by atoms with Gasteiger partial charge >= 0.3 is 0 Å². The van der Waals surface area contributed by atoms with Crippen molar-refractivity contribution in [2.45, 2.75) is 26.2 Å². The van der Waals surface area contributed by atoms with E-state index in [2.05, 4.69) is 31.9 Å². The van der Waals surface area contributed by atoms with Crippen molar-refractivity contribution in [3.63, 3.8) is 0 Å². The van der Waals surface area contributed by atoms with Crippen molar-refractivity contribution in [3.8, 4) is 0 Å². The van der Waals surface area contributed by atoms with E-state index in [4.69, 9.17) is 11.6 Å². The molecule has 2 aromatic rings. The maximum absolute atomic E-state index is 6.16. The van der Waals surface area contributed by atoms with Crippen molar-refractivity contribution in [3.05, 3.63) is 28.9 Å². The maximum Gasteiger partial charge on any atom is 0.0868 e. The smallest absolute Gasteiger partial charge is 0.0868 e. The first-order valence-electron chi connectivity index (χ1n) is 5.02. The summed E-state index contributed by atoms with van der Waals surface area (Å²) in [5.74, 6) is 0. The van der Waals surface area contributed by atoms with Gasteiger partial charge in [-0.1, -0.05) is 38.4 Å². The first-order chi connectivity index (χ1) is 6.91. The van der Waals surface area contributed by atoms with Gasteiger partial charge in [-0.3, -0.25) is 4.68 Å². The molecule has 0 atom stereocenters. The van der Waals surface area contributed by atoms with Gasteiger partial charge in [0, 0.05) is 12.4 Å². The molecule has 0 saturated heterocycles. The van der Waals surface area contributed by atoms with Gasteiger partial charge in [0.15, 0.2) is 0 Å². The average Bonchev–Trinajstić information content (AvgIpc) is 2.47. The normalized spacial score (nSPS) is 12.3. The Bertz CT molecular complexity index is 506. The molecule has 3 heteroatoms. The molecule has 0 radical (unpaired) electrons. The fraction of sp³-hybridized carbons (Fsp3) is 0.417. The standard InChI is InChI=1S/C12H15ClN2/c1-12(2,3)9-5-6-10(13)11-8(9)7-14-15(11)4/h5-7H,1-4H3. The van der Waals surface area contributed by atoms with E-state index < -0.39 is 0 Å². The number of hydrogen-bond acceptors (Lipinski definition) is 1. The Morgan fingerprint density at radius 1 is 1.27 bits per heavy atom. The summed E-state index contributed by atoms with van der Waals surface area (Å²) in [6, 6.07) is 4.04. The second-order valence-electron chi connectivity index (χ2n) is 4.88. The minimum Gasteiger partial charge on any atom is -0.266 e. The van der Waals surface area contributed by atoms with Crippen LogP contribution in [0.5, 0.6) is 0 Å². The number of halogens is 1. The van der Waals surface area contributed by atoms with Crippen LogP contribution in [0, 0.1) is 0 Å². The predicted molar refractivity (Wildman–Crippen MR) is 64.4 cm³/mol. The third-order valence-corrected chi connectivity index (χ3v) is 2.96. The molecule has 0 aliphatic rings. The van der Waals surface area contributed by atoms with Gasteiger partial charge in [0.25, 0.3) is 0 Å². The third-order valence-electron chi connectivity index (χ3n) is 2.66. The molecule has 1 aromatic carbocycles. The van der Waals surface area contributed by atoms with E-state index >= 15 is 0 Å². The van der Waals surface area contributed by atoms with Gasteiger partial charge in [0.05, 0.1) is 16.7 Å². The van der Waals surface area contributed by atoms with Crippen LogP contribution in [0.3, 0.4) is 0 Å². The zero-order chi connectivity index (χ0) is 11.2. The molecule has 80 valence electrons. The van der Waals surface area contributed by atoms with Crippen molar-refractivity contribution in [1.82, 2.24) is 9.78 Å². The molecular weight excluding hydrogens is 208 g/mol. The number of aromatic nitrogens is 2. The highest BCUT2D eigenvalue weighted by Gasteiger charge is 2.19. The molecular formula is C12H15ClN2. The Kier molecular flexibility index (Phi) is 2.27. The van der Waals surface area contributed by atoms with E-state index in [9.17, 15) is 0 Å². The summed E-state index contributed by atoms with van der Waals surface area (Å²) in [7, 11) is 1.92. The van der Waals surface area contributed by atoms with E-state index in [-0.39, 0.29) is 5.41 Å². The zero-order valence-corrected chi connectivity index (χ0v) is 10.3. The van der Waals surface area contributed by atoms with Crippen LogP contribution in [0.4, 0.5) is 0 Å². The van der Waals surface area contributed by atoms with Crippen molar-refractivity contribution >= 4 is 22.5 Å². The highest BCUT2D eigenvalue weighted by atomic mass is 35.5. The zero-order valence-electron chi connectivity index (χ0n) is 9.50. The molecule has 1 heterocycles. The SMILES string of the molecule is Cn1ncc2c(C(C)(C)C)ccc(Cl)c21. The van der Waals surface area contributed by atoms with Crippen molar-refractivity contribution in [2.24, 2.45) is 7.05 Å². The van der Waals surface area contributed by atoms with Gasteiger partial charge in [-0.05, 0) is 17.0 Å². The van der Waals surface area contributed by atoms with Crippen LogP contribution in [0.25, 0.3) is 10.9 Å². The Morgan fingerprint density at radius 3 is 2.53 bits per heavy atom. The van der Waals surface area contributed by atoms with Crippen LogP contribution in [0.15, 0.2) is 18.3 Å². The number of aryl methyl sites for hydroxylation is 1. The van der Waals surface area contributed by atoms with Gasteiger partial charge in [-0.2, -0.15) is 5.10 Å². The molecule has 2 nitrogen and oxygen atoms in total. The number of nitrogens with zero attached hydrogens (tertiary/aromatic N) is 2. The molecule has 0 bridgehead atoms. The number of hydrogen-bond donors (Lipinski definition) is 0. The molecule has 2 rings (SSSR count). The van der Waals surface area contributed by atoms with E-state index in [1.807, 2.05) is 24.0 Å². The molecule has 0 fully saturated rings. The molecule has 0 spiro atoms. The Labute approximate surface area is 94.8 Å². The van der Waals surface area contributed by atoms with E-state index in [0.717, 1.165) is 15.9 Å². The summed E-state index contributed by atoms with van der Waals surface area (Å²) < 4.78 is 1.83. The van der Waals surface area contributed by atoms with E-state index in [1.54, 1.807) is 0 Å². The van der Waals surface area contributed by atoms with Crippen LogP contribution in [-0.2, 0) is 12.5 Å². The summed E-state index contributed by atoms with van der Waals surface area (Å²) in [5.41, 5.74) is 2.42. The van der Waals surface area contributed by atoms with Crippen LogP contribution in [0.1, 0.15) is 26.3 Å². The van der Waals surface area contributed by atoms with Crippen molar-refractivity contribution in [1.29, 1.82) is 0 Å². The minimum atomic E-state index is 0.117. The summed E-state index contributed by atoms with van der Waals surface area (Å²) >= 11 is 6.16. The van der Waals surface area contributed by atoms with Gasteiger partial charge in [0.2, 0.25) is 0 Å². The number of fused-ring (bicyclic) bond motifs is 1. The molecule has 0 unspecified atom stereocenters. The van der Waals surface area contributed by atoms with Gasteiger partial charge in [-0.25, -0.2) is 0 Å². The Hall–Kier alpha value is -1.02. The van der Waals surface area contributed by atoms with Crippen molar-refractivity contribution in [2.75, 3.05) is 0 Å². The lowest BCUT2D eigenvalue weighted by Crippen LogP contribution is -2.11. The average molecular weight is 223 g/mol. The summed E-state index contributed by atoms with van der Waals surface area (Å²) in [5, 5.41) is 6.18.